The molecule has 0 saturated heterocycles. The third-order valence-electron chi connectivity index (χ3n) is 3.76. The van der Waals surface area contributed by atoms with Crippen LogP contribution in [0, 0.1) is 0 Å². The summed E-state index contributed by atoms with van der Waals surface area (Å²) in [6.07, 6.45) is 2.64. The van der Waals surface area contributed by atoms with Crippen molar-refractivity contribution in [3.8, 4) is 0 Å². The molecule has 0 amide bonds. The fourth-order valence-electron chi connectivity index (χ4n) is 2.58. The molecule has 0 radical (unpaired) electrons. The van der Waals surface area contributed by atoms with Crippen LogP contribution in [0.5, 0.6) is 0 Å². The van der Waals surface area contributed by atoms with Crippen molar-refractivity contribution in [2.24, 2.45) is 5.73 Å². The summed E-state index contributed by atoms with van der Waals surface area (Å²) in [6.45, 7) is 1.83. The minimum atomic E-state index is -3.53. The Morgan fingerprint density at radius 1 is 1.40 bits per heavy atom. The second kappa shape index (κ2) is 6.22. The highest BCUT2D eigenvalue weighted by atomic mass is 32.2. The van der Waals surface area contributed by atoms with E-state index in [-0.39, 0.29) is 23.1 Å². The van der Waals surface area contributed by atoms with Gasteiger partial charge in [0.05, 0.1) is 11.0 Å². The zero-order valence-corrected chi connectivity index (χ0v) is 12.7. The van der Waals surface area contributed by atoms with Gasteiger partial charge >= 0.3 is 0 Å². The Morgan fingerprint density at radius 2 is 2.15 bits per heavy atom. The number of methoxy groups -OCH3 is 1. The van der Waals surface area contributed by atoms with Crippen LogP contribution in [-0.4, -0.2) is 27.7 Å². The molecule has 0 heterocycles. The molecule has 2 rings (SSSR count). The van der Waals surface area contributed by atoms with Crippen molar-refractivity contribution >= 4 is 10.0 Å². The second-order valence-corrected chi connectivity index (χ2v) is 7.01. The Labute approximate surface area is 120 Å². The fraction of sp³-hybridized carbons (Fsp3) is 0.571. The molecule has 1 aromatic carbocycles. The number of nitrogens with one attached hydrogen (secondary N) is 1. The van der Waals surface area contributed by atoms with E-state index in [1.165, 1.54) is 0 Å². The maximum absolute atomic E-state index is 12.4. The largest absolute Gasteiger partial charge is 0.380 e. The van der Waals surface area contributed by atoms with Crippen molar-refractivity contribution in [1.29, 1.82) is 0 Å². The first-order valence-electron chi connectivity index (χ1n) is 6.84. The van der Waals surface area contributed by atoms with Crippen LogP contribution in [-0.2, 0) is 14.8 Å². The highest BCUT2D eigenvalue weighted by Crippen LogP contribution is 2.24. The molecule has 0 spiro atoms. The van der Waals surface area contributed by atoms with E-state index < -0.39 is 10.0 Å². The number of hydrogen-bond acceptors (Lipinski definition) is 4. The molecule has 6 heteroatoms. The molecule has 112 valence electrons. The summed E-state index contributed by atoms with van der Waals surface area (Å²) in [7, 11) is -1.91. The highest BCUT2D eigenvalue weighted by molar-refractivity contribution is 7.89. The molecule has 3 unspecified atom stereocenters. The minimum absolute atomic E-state index is 0.0404. The number of nitrogens with two attached hydrogens (primary N) is 1. The molecule has 1 saturated carbocycles. The summed E-state index contributed by atoms with van der Waals surface area (Å²) >= 11 is 0. The first kappa shape index (κ1) is 15.4. The summed E-state index contributed by atoms with van der Waals surface area (Å²) in [5.74, 6) is 0. The van der Waals surface area contributed by atoms with Crippen LogP contribution >= 0.6 is 0 Å². The molecule has 1 aromatic rings. The second-order valence-electron chi connectivity index (χ2n) is 5.29. The van der Waals surface area contributed by atoms with Crippen LogP contribution in [0.1, 0.15) is 37.8 Å². The molecule has 20 heavy (non-hydrogen) atoms. The first-order valence-corrected chi connectivity index (χ1v) is 8.33. The van der Waals surface area contributed by atoms with Crippen LogP contribution in [0.4, 0.5) is 0 Å². The number of sulfonamides is 1. The lowest BCUT2D eigenvalue weighted by atomic mass is 10.1. The maximum Gasteiger partial charge on any atom is 0.240 e. The van der Waals surface area contributed by atoms with Gasteiger partial charge in [0.1, 0.15) is 0 Å². The molecule has 0 aromatic heterocycles. The minimum Gasteiger partial charge on any atom is -0.380 e. The quantitative estimate of drug-likeness (QED) is 0.864. The number of benzene rings is 1. The van der Waals surface area contributed by atoms with Crippen molar-refractivity contribution in [2.45, 2.75) is 49.3 Å². The zero-order valence-electron chi connectivity index (χ0n) is 11.9. The van der Waals surface area contributed by atoms with Gasteiger partial charge in [0, 0.05) is 19.2 Å². The molecule has 5 nitrogen and oxygen atoms in total. The van der Waals surface area contributed by atoms with Crippen molar-refractivity contribution < 1.29 is 13.2 Å². The summed E-state index contributed by atoms with van der Waals surface area (Å²) in [6, 6.07) is 6.43. The molecule has 0 bridgehead atoms. The average molecular weight is 298 g/mol. The molecule has 1 aliphatic carbocycles. The van der Waals surface area contributed by atoms with E-state index >= 15 is 0 Å². The van der Waals surface area contributed by atoms with Gasteiger partial charge in [0.25, 0.3) is 0 Å². The van der Waals surface area contributed by atoms with Gasteiger partial charge in [-0.3, -0.25) is 0 Å². The van der Waals surface area contributed by atoms with E-state index in [0.717, 1.165) is 24.8 Å². The first-order chi connectivity index (χ1) is 9.44. The van der Waals surface area contributed by atoms with Crippen LogP contribution in [0.2, 0.25) is 0 Å². The Balaban J connectivity index is 2.20. The molecule has 0 aliphatic heterocycles. The van der Waals surface area contributed by atoms with Gasteiger partial charge in [-0.1, -0.05) is 12.1 Å². The van der Waals surface area contributed by atoms with Crippen LogP contribution in [0.15, 0.2) is 29.2 Å². The molecule has 3 N–H and O–H groups in total. The van der Waals surface area contributed by atoms with Gasteiger partial charge in [-0.15, -0.1) is 0 Å². The lowest BCUT2D eigenvalue weighted by Crippen LogP contribution is -2.40. The van der Waals surface area contributed by atoms with Crippen molar-refractivity contribution in [3.05, 3.63) is 29.8 Å². The third kappa shape index (κ3) is 3.38. The lowest BCUT2D eigenvalue weighted by Gasteiger charge is -2.20. The van der Waals surface area contributed by atoms with Crippen molar-refractivity contribution in [1.82, 2.24) is 4.72 Å². The summed E-state index contributed by atoms with van der Waals surface area (Å²) in [4.78, 5) is 0.258. The van der Waals surface area contributed by atoms with E-state index in [4.69, 9.17) is 10.5 Å². The zero-order chi connectivity index (χ0) is 14.8. The van der Waals surface area contributed by atoms with E-state index in [1.807, 2.05) is 13.0 Å². The molecular weight excluding hydrogens is 276 g/mol. The lowest BCUT2D eigenvalue weighted by molar-refractivity contribution is 0.0916. The standard InChI is InChI=1S/C14H22N2O3S/c1-10(15)11-5-3-6-12(9-11)20(17,18)16-13-7-4-8-14(13)19-2/h3,5-6,9-10,13-14,16H,4,7-8,15H2,1-2H3. The van der Waals surface area contributed by atoms with Gasteiger partial charge in [-0.05, 0) is 43.9 Å². The maximum atomic E-state index is 12.4. The Kier molecular flexibility index (Phi) is 4.80. The van der Waals surface area contributed by atoms with Gasteiger partial charge in [0.15, 0.2) is 0 Å². The van der Waals surface area contributed by atoms with Gasteiger partial charge in [0.2, 0.25) is 10.0 Å². The van der Waals surface area contributed by atoms with Crippen molar-refractivity contribution in [3.63, 3.8) is 0 Å². The molecular formula is C14H22N2O3S. The molecule has 1 fully saturated rings. The molecule has 3 atom stereocenters. The van der Waals surface area contributed by atoms with E-state index in [9.17, 15) is 8.42 Å². The topological polar surface area (TPSA) is 81.4 Å². The van der Waals surface area contributed by atoms with E-state index in [2.05, 4.69) is 4.72 Å². The van der Waals surface area contributed by atoms with Crippen LogP contribution in [0.25, 0.3) is 0 Å². The summed E-state index contributed by atoms with van der Waals surface area (Å²) in [5, 5.41) is 0. The predicted molar refractivity (Wildman–Crippen MR) is 77.8 cm³/mol. The predicted octanol–water partition coefficient (Wildman–Crippen LogP) is 1.55. The van der Waals surface area contributed by atoms with Gasteiger partial charge in [-0.2, -0.15) is 0 Å². The van der Waals surface area contributed by atoms with Gasteiger partial charge in [-0.25, -0.2) is 13.1 Å². The number of ether oxygens (including phenoxy) is 1. The fourth-order valence-corrected chi connectivity index (χ4v) is 3.93. The van der Waals surface area contributed by atoms with E-state index in [1.54, 1.807) is 25.3 Å². The van der Waals surface area contributed by atoms with E-state index in [0.29, 0.717) is 0 Å². The Bertz CT molecular complexity index is 557. The number of hydrogen-bond donors (Lipinski definition) is 2. The average Bonchev–Trinajstić information content (AvgIpc) is 2.85. The van der Waals surface area contributed by atoms with Crippen molar-refractivity contribution in [2.75, 3.05) is 7.11 Å². The van der Waals surface area contributed by atoms with Gasteiger partial charge < -0.3 is 10.5 Å². The Hall–Kier alpha value is -0.950. The monoisotopic (exact) mass is 298 g/mol. The SMILES string of the molecule is COC1CCCC1NS(=O)(=O)c1cccc(C(C)N)c1. The van der Waals surface area contributed by atoms with Crippen LogP contribution < -0.4 is 10.5 Å². The number of rotatable bonds is 5. The molecule has 1 aliphatic rings. The smallest absolute Gasteiger partial charge is 0.240 e. The third-order valence-corrected chi connectivity index (χ3v) is 5.24. The Morgan fingerprint density at radius 3 is 2.80 bits per heavy atom. The normalized spacial score (nSPS) is 24.8. The highest BCUT2D eigenvalue weighted by Gasteiger charge is 2.31. The summed E-state index contributed by atoms with van der Waals surface area (Å²) in [5.41, 5.74) is 6.61. The summed E-state index contributed by atoms with van der Waals surface area (Å²) < 4.78 is 32.9. The van der Waals surface area contributed by atoms with Crippen LogP contribution in [0.3, 0.4) is 0 Å².